The predicted octanol–water partition coefficient (Wildman–Crippen LogP) is 3.73. The summed E-state index contributed by atoms with van der Waals surface area (Å²) in [6, 6.07) is 8.05. The molecule has 0 aromatic heterocycles. The van der Waals surface area contributed by atoms with Crippen molar-refractivity contribution in [3.63, 3.8) is 0 Å². The Morgan fingerprint density at radius 3 is 2.40 bits per heavy atom. The van der Waals surface area contributed by atoms with Crippen LogP contribution in [-0.2, 0) is 11.2 Å². The largest absolute Gasteiger partial charge is 0.327 e. The minimum atomic E-state index is -0.0803. The van der Waals surface area contributed by atoms with E-state index >= 15 is 0 Å². The molecule has 0 spiro atoms. The van der Waals surface area contributed by atoms with Crippen LogP contribution in [0.15, 0.2) is 24.3 Å². The third-order valence-electron chi connectivity index (χ3n) is 3.58. The molecule has 3 nitrogen and oxygen atoms in total. The number of benzene rings is 1. The van der Waals surface area contributed by atoms with Crippen LogP contribution < -0.4 is 11.1 Å². The first-order valence-corrected chi connectivity index (χ1v) is 7.67. The van der Waals surface area contributed by atoms with Crippen molar-refractivity contribution in [1.29, 1.82) is 0 Å². The highest BCUT2D eigenvalue weighted by Crippen LogP contribution is 2.13. The van der Waals surface area contributed by atoms with E-state index in [-0.39, 0.29) is 11.9 Å². The van der Waals surface area contributed by atoms with Crippen LogP contribution in [0.5, 0.6) is 0 Å². The summed E-state index contributed by atoms with van der Waals surface area (Å²) < 4.78 is 0. The maximum Gasteiger partial charge on any atom is 0.225 e. The summed E-state index contributed by atoms with van der Waals surface area (Å²) in [6.45, 7) is 6.27. The Morgan fingerprint density at radius 1 is 1.20 bits per heavy atom. The first kappa shape index (κ1) is 16.7. The van der Waals surface area contributed by atoms with Gasteiger partial charge in [0.15, 0.2) is 0 Å². The summed E-state index contributed by atoms with van der Waals surface area (Å²) in [7, 11) is 0. The SMILES string of the molecule is CCCCCc1ccc(NC(=O)CC(N)C(C)C)cc1. The predicted molar refractivity (Wildman–Crippen MR) is 85.7 cm³/mol. The van der Waals surface area contributed by atoms with Crippen molar-refractivity contribution in [2.24, 2.45) is 11.7 Å². The molecule has 0 aliphatic heterocycles. The van der Waals surface area contributed by atoms with E-state index in [9.17, 15) is 4.79 Å². The van der Waals surface area contributed by atoms with Crippen molar-refractivity contribution in [2.45, 2.75) is 58.9 Å². The van der Waals surface area contributed by atoms with Gasteiger partial charge in [-0.05, 0) is 36.5 Å². The zero-order valence-corrected chi connectivity index (χ0v) is 13.0. The first-order valence-electron chi connectivity index (χ1n) is 7.67. The Kier molecular flexibility index (Phi) is 7.31. The van der Waals surface area contributed by atoms with Crippen LogP contribution in [0.25, 0.3) is 0 Å². The van der Waals surface area contributed by atoms with Gasteiger partial charge in [-0.1, -0.05) is 45.7 Å². The van der Waals surface area contributed by atoms with Crippen molar-refractivity contribution < 1.29 is 4.79 Å². The minimum absolute atomic E-state index is 0.00932. The van der Waals surface area contributed by atoms with Crippen LogP contribution in [0, 0.1) is 5.92 Å². The van der Waals surface area contributed by atoms with Gasteiger partial charge in [0.05, 0.1) is 0 Å². The number of rotatable bonds is 8. The monoisotopic (exact) mass is 276 g/mol. The maximum atomic E-state index is 11.8. The smallest absolute Gasteiger partial charge is 0.225 e. The highest BCUT2D eigenvalue weighted by molar-refractivity contribution is 5.91. The van der Waals surface area contributed by atoms with Crippen molar-refractivity contribution in [1.82, 2.24) is 0 Å². The van der Waals surface area contributed by atoms with Gasteiger partial charge in [0.25, 0.3) is 0 Å². The zero-order chi connectivity index (χ0) is 15.0. The molecule has 112 valence electrons. The van der Waals surface area contributed by atoms with Crippen molar-refractivity contribution in [3.05, 3.63) is 29.8 Å². The number of aryl methyl sites for hydroxylation is 1. The van der Waals surface area contributed by atoms with Gasteiger partial charge in [-0.25, -0.2) is 0 Å². The van der Waals surface area contributed by atoms with E-state index in [1.54, 1.807) is 0 Å². The summed E-state index contributed by atoms with van der Waals surface area (Å²) in [5, 5.41) is 2.90. The van der Waals surface area contributed by atoms with Crippen molar-refractivity contribution in [2.75, 3.05) is 5.32 Å². The van der Waals surface area contributed by atoms with Gasteiger partial charge in [-0.3, -0.25) is 4.79 Å². The summed E-state index contributed by atoms with van der Waals surface area (Å²) in [5.74, 6) is 0.312. The lowest BCUT2D eigenvalue weighted by atomic mass is 10.0. The Morgan fingerprint density at radius 2 is 1.85 bits per heavy atom. The second kappa shape index (κ2) is 8.75. The van der Waals surface area contributed by atoms with Gasteiger partial charge in [0.2, 0.25) is 5.91 Å². The van der Waals surface area contributed by atoms with Crippen LogP contribution in [0.1, 0.15) is 52.0 Å². The molecule has 0 saturated carbocycles. The molecular weight excluding hydrogens is 248 g/mol. The van der Waals surface area contributed by atoms with Crippen molar-refractivity contribution >= 4 is 11.6 Å². The van der Waals surface area contributed by atoms with Crippen LogP contribution in [0.2, 0.25) is 0 Å². The summed E-state index contributed by atoms with van der Waals surface area (Å²) >= 11 is 0. The van der Waals surface area contributed by atoms with Crippen LogP contribution in [0.3, 0.4) is 0 Å². The van der Waals surface area contributed by atoms with E-state index in [1.807, 2.05) is 26.0 Å². The summed E-state index contributed by atoms with van der Waals surface area (Å²) in [4.78, 5) is 11.8. The third-order valence-corrected chi connectivity index (χ3v) is 3.58. The zero-order valence-electron chi connectivity index (χ0n) is 13.0. The Bertz CT molecular complexity index is 398. The third kappa shape index (κ3) is 6.20. The molecule has 0 aliphatic carbocycles. The number of amides is 1. The summed E-state index contributed by atoms with van der Waals surface area (Å²) in [5.41, 5.74) is 8.08. The van der Waals surface area contributed by atoms with Gasteiger partial charge in [-0.15, -0.1) is 0 Å². The molecule has 0 aliphatic rings. The molecule has 1 unspecified atom stereocenters. The second-order valence-electron chi connectivity index (χ2n) is 5.81. The number of hydrogen-bond donors (Lipinski definition) is 2. The van der Waals surface area contributed by atoms with E-state index < -0.39 is 0 Å². The molecule has 0 heterocycles. The molecule has 1 atom stereocenters. The molecule has 20 heavy (non-hydrogen) atoms. The Balaban J connectivity index is 2.42. The molecule has 3 N–H and O–H groups in total. The lowest BCUT2D eigenvalue weighted by molar-refractivity contribution is -0.116. The van der Waals surface area contributed by atoms with Crippen LogP contribution in [-0.4, -0.2) is 11.9 Å². The number of nitrogens with two attached hydrogens (primary N) is 1. The quantitative estimate of drug-likeness (QED) is 0.711. The average Bonchev–Trinajstić information content (AvgIpc) is 2.40. The molecule has 0 fully saturated rings. The lowest BCUT2D eigenvalue weighted by Crippen LogP contribution is -2.31. The summed E-state index contributed by atoms with van der Waals surface area (Å²) in [6.07, 6.45) is 5.22. The second-order valence-corrected chi connectivity index (χ2v) is 5.81. The molecule has 0 radical (unpaired) electrons. The number of carbonyl (C=O) groups is 1. The lowest BCUT2D eigenvalue weighted by Gasteiger charge is -2.15. The van der Waals surface area contributed by atoms with Crippen molar-refractivity contribution in [3.8, 4) is 0 Å². The van der Waals surface area contributed by atoms with Gasteiger partial charge < -0.3 is 11.1 Å². The van der Waals surface area contributed by atoms with Gasteiger partial charge >= 0.3 is 0 Å². The van der Waals surface area contributed by atoms with Crippen LogP contribution >= 0.6 is 0 Å². The molecular formula is C17H28N2O. The fourth-order valence-electron chi connectivity index (χ4n) is 2.00. The Hall–Kier alpha value is -1.35. The molecule has 1 rings (SSSR count). The fraction of sp³-hybridized carbons (Fsp3) is 0.588. The maximum absolute atomic E-state index is 11.8. The highest BCUT2D eigenvalue weighted by atomic mass is 16.1. The first-order chi connectivity index (χ1) is 9.52. The molecule has 1 amide bonds. The standard InChI is InChI=1S/C17H28N2O/c1-4-5-6-7-14-8-10-15(11-9-14)19-17(20)12-16(18)13(2)3/h8-11,13,16H,4-7,12,18H2,1-3H3,(H,19,20). The van der Waals surface area contributed by atoms with Gasteiger partial charge in [0.1, 0.15) is 0 Å². The van der Waals surface area contributed by atoms with Gasteiger partial charge in [-0.2, -0.15) is 0 Å². The molecule has 0 bridgehead atoms. The number of hydrogen-bond acceptors (Lipinski definition) is 2. The average molecular weight is 276 g/mol. The molecule has 1 aromatic rings. The number of unbranched alkanes of at least 4 members (excludes halogenated alkanes) is 2. The van der Waals surface area contributed by atoms with E-state index in [0.29, 0.717) is 12.3 Å². The van der Waals surface area contributed by atoms with Crippen LogP contribution in [0.4, 0.5) is 5.69 Å². The molecule has 1 aromatic carbocycles. The molecule has 3 heteroatoms. The van der Waals surface area contributed by atoms with E-state index in [0.717, 1.165) is 12.1 Å². The number of nitrogens with one attached hydrogen (secondary N) is 1. The van der Waals surface area contributed by atoms with Gasteiger partial charge in [0, 0.05) is 18.2 Å². The highest BCUT2D eigenvalue weighted by Gasteiger charge is 2.12. The minimum Gasteiger partial charge on any atom is -0.327 e. The number of carbonyl (C=O) groups excluding carboxylic acids is 1. The molecule has 0 saturated heterocycles. The Labute approximate surface area is 122 Å². The number of anilines is 1. The van der Waals surface area contributed by atoms with E-state index in [2.05, 4.69) is 24.4 Å². The fourth-order valence-corrected chi connectivity index (χ4v) is 2.00. The topological polar surface area (TPSA) is 55.1 Å². The normalized spacial score (nSPS) is 12.4. The van der Waals surface area contributed by atoms with E-state index in [4.69, 9.17) is 5.73 Å². The van der Waals surface area contributed by atoms with E-state index in [1.165, 1.54) is 24.8 Å².